The Labute approximate surface area is 264 Å². The Kier molecular flexibility index (Phi) is 12.9. The van der Waals surface area contributed by atoms with E-state index in [0.29, 0.717) is 25.4 Å². The van der Waals surface area contributed by atoms with Gasteiger partial charge in [0.05, 0.1) is 44.5 Å². The SMILES string of the molecule is COC(=O)c1ccc(OC/C=C/c2ccc(OCCCCOc3ccccc3)cc2)c(C(=O)NC2CCCC(C(=O)OC)C2)c1. The molecule has 1 fully saturated rings. The molecule has 1 amide bonds. The maximum absolute atomic E-state index is 13.3. The van der Waals surface area contributed by atoms with Crippen LogP contribution >= 0.6 is 0 Å². The molecule has 3 aromatic carbocycles. The van der Waals surface area contributed by atoms with Crippen molar-refractivity contribution in [3.05, 3.63) is 95.6 Å². The average molecular weight is 616 g/mol. The van der Waals surface area contributed by atoms with Gasteiger partial charge in [0.15, 0.2) is 0 Å². The van der Waals surface area contributed by atoms with E-state index in [4.69, 9.17) is 23.7 Å². The Morgan fingerprint density at radius 1 is 0.822 bits per heavy atom. The Bertz CT molecular complexity index is 1420. The van der Waals surface area contributed by atoms with Crippen molar-refractivity contribution in [2.45, 2.75) is 44.6 Å². The molecule has 1 saturated carbocycles. The van der Waals surface area contributed by atoms with Crippen molar-refractivity contribution in [2.24, 2.45) is 5.92 Å². The van der Waals surface area contributed by atoms with Crippen LogP contribution in [0.2, 0.25) is 0 Å². The summed E-state index contributed by atoms with van der Waals surface area (Å²) in [4.78, 5) is 37.5. The van der Waals surface area contributed by atoms with E-state index in [-0.39, 0.29) is 41.6 Å². The number of carbonyl (C=O) groups excluding carboxylic acids is 3. The molecular formula is C36H41NO8. The maximum Gasteiger partial charge on any atom is 0.337 e. The van der Waals surface area contributed by atoms with Crippen LogP contribution in [0.1, 0.15) is 64.8 Å². The lowest BCUT2D eigenvalue weighted by Crippen LogP contribution is -2.40. The quantitative estimate of drug-likeness (QED) is 0.158. The zero-order chi connectivity index (χ0) is 31.9. The van der Waals surface area contributed by atoms with Gasteiger partial charge in [-0.25, -0.2) is 4.79 Å². The minimum absolute atomic E-state index is 0.189. The van der Waals surface area contributed by atoms with Gasteiger partial charge in [0.2, 0.25) is 0 Å². The highest BCUT2D eigenvalue weighted by Crippen LogP contribution is 2.27. The third kappa shape index (κ3) is 10.4. The molecule has 45 heavy (non-hydrogen) atoms. The van der Waals surface area contributed by atoms with E-state index in [0.717, 1.165) is 49.2 Å². The zero-order valence-corrected chi connectivity index (χ0v) is 25.9. The molecule has 0 aromatic heterocycles. The molecular weight excluding hydrogens is 574 g/mol. The standard InChI is InChI=1S/C36H41NO8/c1-41-35(39)27-11-8-12-29(24-27)37-34(38)32-25-28(36(40)42-2)17-20-33(32)45-23-9-10-26-15-18-31(19-16-26)44-22-7-6-21-43-30-13-4-3-5-14-30/h3-5,9-10,13-20,25,27,29H,6-8,11-12,21-24H2,1-2H3,(H,37,38)/b10-9+. The number of methoxy groups -OCH3 is 2. The van der Waals surface area contributed by atoms with E-state index in [2.05, 4.69) is 5.32 Å². The highest BCUT2D eigenvalue weighted by atomic mass is 16.5. The summed E-state index contributed by atoms with van der Waals surface area (Å²) in [7, 11) is 2.66. The number of hydrogen-bond acceptors (Lipinski definition) is 8. The Morgan fingerprint density at radius 2 is 1.53 bits per heavy atom. The number of nitrogens with one attached hydrogen (secondary N) is 1. The molecule has 2 unspecified atom stereocenters. The summed E-state index contributed by atoms with van der Waals surface area (Å²) in [6, 6.07) is 22.0. The third-order valence-corrected chi connectivity index (χ3v) is 7.53. The largest absolute Gasteiger partial charge is 0.494 e. The molecule has 0 heterocycles. The van der Waals surface area contributed by atoms with Crippen LogP contribution in [0.25, 0.3) is 6.08 Å². The van der Waals surface area contributed by atoms with Crippen LogP contribution < -0.4 is 19.5 Å². The second kappa shape index (κ2) is 17.5. The number of amides is 1. The summed E-state index contributed by atoms with van der Waals surface area (Å²) in [6.07, 6.45) is 8.35. The first-order valence-electron chi connectivity index (χ1n) is 15.3. The van der Waals surface area contributed by atoms with Gasteiger partial charge in [-0.2, -0.15) is 0 Å². The summed E-state index contributed by atoms with van der Waals surface area (Å²) in [5.41, 5.74) is 1.43. The molecule has 0 spiro atoms. The predicted octanol–water partition coefficient (Wildman–Crippen LogP) is 6.27. The van der Waals surface area contributed by atoms with Gasteiger partial charge in [-0.15, -0.1) is 0 Å². The van der Waals surface area contributed by atoms with Crippen molar-refractivity contribution >= 4 is 23.9 Å². The van der Waals surface area contributed by atoms with Gasteiger partial charge in [0, 0.05) is 6.04 Å². The van der Waals surface area contributed by atoms with Gasteiger partial charge >= 0.3 is 11.9 Å². The maximum atomic E-state index is 13.3. The molecule has 9 nitrogen and oxygen atoms in total. The zero-order valence-electron chi connectivity index (χ0n) is 25.9. The molecule has 238 valence electrons. The molecule has 1 aliphatic rings. The molecule has 0 aliphatic heterocycles. The topological polar surface area (TPSA) is 109 Å². The lowest BCUT2D eigenvalue weighted by Gasteiger charge is -2.28. The molecule has 0 radical (unpaired) electrons. The number of rotatable bonds is 15. The van der Waals surface area contributed by atoms with E-state index in [1.807, 2.05) is 66.7 Å². The average Bonchev–Trinajstić information content (AvgIpc) is 3.08. The van der Waals surface area contributed by atoms with Crippen LogP contribution in [0.5, 0.6) is 17.2 Å². The molecule has 3 aromatic rings. The third-order valence-electron chi connectivity index (χ3n) is 7.53. The lowest BCUT2D eigenvalue weighted by atomic mass is 9.85. The summed E-state index contributed by atoms with van der Waals surface area (Å²) < 4.78 is 27.2. The van der Waals surface area contributed by atoms with Crippen molar-refractivity contribution < 1.29 is 38.1 Å². The molecule has 1 aliphatic carbocycles. The summed E-state index contributed by atoms with van der Waals surface area (Å²) in [5, 5.41) is 3.01. The minimum atomic E-state index is -0.552. The van der Waals surface area contributed by atoms with E-state index in [1.54, 1.807) is 12.1 Å². The molecule has 0 bridgehead atoms. The number of benzene rings is 3. The van der Waals surface area contributed by atoms with E-state index in [1.165, 1.54) is 20.3 Å². The fourth-order valence-corrected chi connectivity index (χ4v) is 5.14. The van der Waals surface area contributed by atoms with E-state index in [9.17, 15) is 14.4 Å². The number of hydrogen-bond donors (Lipinski definition) is 1. The highest BCUT2D eigenvalue weighted by Gasteiger charge is 2.29. The number of ether oxygens (including phenoxy) is 5. The normalized spacial score (nSPS) is 16.0. The molecule has 1 N–H and O–H groups in total. The Morgan fingerprint density at radius 3 is 2.22 bits per heavy atom. The highest BCUT2D eigenvalue weighted by molar-refractivity contribution is 6.00. The first-order valence-corrected chi connectivity index (χ1v) is 15.3. The van der Waals surface area contributed by atoms with Gasteiger partial charge in [-0.05, 0) is 86.2 Å². The minimum Gasteiger partial charge on any atom is -0.494 e. The van der Waals surface area contributed by atoms with Gasteiger partial charge in [0.1, 0.15) is 23.9 Å². The number of carbonyl (C=O) groups is 3. The molecule has 2 atom stereocenters. The summed E-state index contributed by atoms with van der Waals surface area (Å²) in [5.74, 6) is 0.564. The van der Waals surface area contributed by atoms with Crippen LogP contribution in [0.4, 0.5) is 0 Å². The second-order valence-corrected chi connectivity index (χ2v) is 10.8. The summed E-state index contributed by atoms with van der Waals surface area (Å²) >= 11 is 0. The van der Waals surface area contributed by atoms with Crippen molar-refractivity contribution in [1.29, 1.82) is 0 Å². The van der Waals surface area contributed by atoms with Crippen LogP contribution in [0.15, 0.2) is 78.9 Å². The van der Waals surface area contributed by atoms with Crippen molar-refractivity contribution in [1.82, 2.24) is 5.32 Å². The van der Waals surface area contributed by atoms with E-state index >= 15 is 0 Å². The van der Waals surface area contributed by atoms with E-state index < -0.39 is 5.97 Å². The van der Waals surface area contributed by atoms with Gasteiger partial charge < -0.3 is 29.0 Å². The monoisotopic (exact) mass is 615 g/mol. The molecule has 0 saturated heterocycles. The number of para-hydroxylation sites is 1. The fraction of sp³-hybridized carbons (Fsp3) is 0.361. The van der Waals surface area contributed by atoms with Crippen molar-refractivity contribution in [2.75, 3.05) is 34.0 Å². The van der Waals surface area contributed by atoms with Crippen LogP contribution in [-0.2, 0) is 14.3 Å². The smallest absolute Gasteiger partial charge is 0.337 e. The Balaban J connectivity index is 1.26. The Hall–Kier alpha value is -4.79. The van der Waals surface area contributed by atoms with Crippen LogP contribution in [0, 0.1) is 5.92 Å². The lowest BCUT2D eigenvalue weighted by molar-refractivity contribution is -0.146. The van der Waals surface area contributed by atoms with Crippen molar-refractivity contribution in [3.63, 3.8) is 0 Å². The van der Waals surface area contributed by atoms with Crippen LogP contribution in [0.3, 0.4) is 0 Å². The van der Waals surface area contributed by atoms with Gasteiger partial charge in [-0.1, -0.05) is 42.8 Å². The molecule has 9 heteroatoms. The second-order valence-electron chi connectivity index (χ2n) is 10.8. The predicted molar refractivity (Wildman–Crippen MR) is 171 cm³/mol. The van der Waals surface area contributed by atoms with Gasteiger partial charge in [0.25, 0.3) is 5.91 Å². The first kappa shape index (κ1) is 33.1. The van der Waals surface area contributed by atoms with Crippen LogP contribution in [-0.4, -0.2) is 57.9 Å². The van der Waals surface area contributed by atoms with Crippen molar-refractivity contribution in [3.8, 4) is 17.2 Å². The molecule has 4 rings (SSSR count). The number of unbranched alkanes of at least 4 members (excludes halogenated alkanes) is 1. The van der Waals surface area contributed by atoms with Gasteiger partial charge in [-0.3, -0.25) is 9.59 Å². The first-order chi connectivity index (χ1) is 22.0. The number of esters is 2. The fourth-order valence-electron chi connectivity index (χ4n) is 5.14. The summed E-state index contributed by atoms with van der Waals surface area (Å²) in [6.45, 7) is 1.46.